The molecular weight excluding hydrogens is 342 g/mol. The van der Waals surface area contributed by atoms with Crippen molar-refractivity contribution >= 4 is 23.6 Å². The largest absolute Gasteiger partial charge is 0.456 e. The Hall–Kier alpha value is -2.97. The van der Waals surface area contributed by atoms with E-state index in [0.29, 0.717) is 5.56 Å². The van der Waals surface area contributed by atoms with E-state index in [-0.39, 0.29) is 11.6 Å². The number of hydrogen-bond acceptors (Lipinski definition) is 6. The van der Waals surface area contributed by atoms with Gasteiger partial charge in [-0.1, -0.05) is 12.1 Å². The van der Waals surface area contributed by atoms with Crippen LogP contribution in [0.1, 0.15) is 38.4 Å². The third-order valence-corrected chi connectivity index (χ3v) is 4.84. The maximum absolute atomic E-state index is 12.5. The SMILES string of the molecule is C[C@@H](OC(=O)CN1C(=O)N[C@](C)(C2CC2)C1=O)c1cccc([N+](=O)[O-])c1. The molecule has 0 bridgehead atoms. The highest BCUT2D eigenvalue weighted by Gasteiger charge is 2.56. The topological polar surface area (TPSA) is 119 Å². The van der Waals surface area contributed by atoms with Crippen LogP contribution in [0.5, 0.6) is 0 Å². The van der Waals surface area contributed by atoms with Gasteiger partial charge in [0.2, 0.25) is 0 Å². The molecule has 26 heavy (non-hydrogen) atoms. The highest BCUT2D eigenvalue weighted by molar-refractivity contribution is 6.08. The van der Waals surface area contributed by atoms with Gasteiger partial charge in [-0.2, -0.15) is 0 Å². The molecule has 1 saturated heterocycles. The average molecular weight is 361 g/mol. The number of urea groups is 1. The average Bonchev–Trinajstić information content (AvgIpc) is 3.41. The van der Waals surface area contributed by atoms with Crippen LogP contribution in [0.3, 0.4) is 0 Å². The van der Waals surface area contributed by atoms with Gasteiger partial charge in [0.05, 0.1) is 4.92 Å². The van der Waals surface area contributed by atoms with Gasteiger partial charge in [-0.15, -0.1) is 0 Å². The molecule has 3 rings (SSSR count). The van der Waals surface area contributed by atoms with Crippen LogP contribution in [0.15, 0.2) is 24.3 Å². The van der Waals surface area contributed by atoms with Crippen molar-refractivity contribution < 1.29 is 24.0 Å². The Morgan fingerprint density at radius 2 is 2.15 bits per heavy atom. The van der Waals surface area contributed by atoms with Crippen LogP contribution >= 0.6 is 0 Å². The molecule has 2 atom stereocenters. The summed E-state index contributed by atoms with van der Waals surface area (Å²) in [6, 6.07) is 5.14. The standard InChI is InChI=1S/C17H19N3O6/c1-10(11-4-3-5-13(8-11)20(24)25)26-14(21)9-19-15(22)17(2,12-6-7-12)18-16(19)23/h3-5,8,10,12H,6-7,9H2,1-2H3,(H,18,23)/t10-,17-/m1/s1. The number of hydrogen-bond donors (Lipinski definition) is 1. The van der Waals surface area contributed by atoms with Gasteiger partial charge < -0.3 is 10.1 Å². The van der Waals surface area contributed by atoms with Crippen molar-refractivity contribution in [3.8, 4) is 0 Å². The molecule has 3 amide bonds. The molecule has 1 aliphatic heterocycles. The number of nitrogens with zero attached hydrogens (tertiary/aromatic N) is 2. The Morgan fingerprint density at radius 1 is 1.46 bits per heavy atom. The number of nitrogens with one attached hydrogen (secondary N) is 1. The number of nitro groups is 1. The second kappa shape index (κ2) is 6.40. The maximum Gasteiger partial charge on any atom is 0.326 e. The van der Waals surface area contributed by atoms with Gasteiger partial charge in [0.25, 0.3) is 11.6 Å². The Balaban J connectivity index is 1.63. The van der Waals surface area contributed by atoms with Gasteiger partial charge in [-0.3, -0.25) is 24.6 Å². The molecule has 1 aromatic carbocycles. The Labute approximate surface area is 149 Å². The zero-order valence-corrected chi connectivity index (χ0v) is 14.4. The maximum atomic E-state index is 12.5. The number of imide groups is 1. The summed E-state index contributed by atoms with van der Waals surface area (Å²) in [5, 5.41) is 13.5. The van der Waals surface area contributed by atoms with Crippen molar-refractivity contribution in [1.29, 1.82) is 0 Å². The molecule has 1 N–H and O–H groups in total. The monoisotopic (exact) mass is 361 g/mol. The molecule has 2 fully saturated rings. The highest BCUT2D eigenvalue weighted by atomic mass is 16.6. The molecule has 1 heterocycles. The van der Waals surface area contributed by atoms with Crippen LogP contribution in [0.2, 0.25) is 0 Å². The molecule has 1 saturated carbocycles. The lowest BCUT2D eigenvalue weighted by Gasteiger charge is -2.21. The fraction of sp³-hybridized carbons (Fsp3) is 0.471. The third-order valence-electron chi connectivity index (χ3n) is 4.84. The van der Waals surface area contributed by atoms with Gasteiger partial charge in [0.1, 0.15) is 18.2 Å². The summed E-state index contributed by atoms with van der Waals surface area (Å²) in [4.78, 5) is 47.9. The van der Waals surface area contributed by atoms with E-state index in [1.807, 2.05) is 0 Å². The van der Waals surface area contributed by atoms with E-state index >= 15 is 0 Å². The minimum atomic E-state index is -0.955. The zero-order chi connectivity index (χ0) is 19.1. The molecule has 0 unspecified atom stereocenters. The van der Waals surface area contributed by atoms with Crippen LogP contribution in [0.25, 0.3) is 0 Å². The normalized spacial score (nSPS) is 23.5. The van der Waals surface area contributed by atoms with Crippen LogP contribution < -0.4 is 5.32 Å². The molecule has 0 aromatic heterocycles. The van der Waals surface area contributed by atoms with Crippen LogP contribution in [-0.2, 0) is 14.3 Å². The molecule has 1 aromatic rings. The molecule has 1 aliphatic carbocycles. The lowest BCUT2D eigenvalue weighted by molar-refractivity contribution is -0.385. The van der Waals surface area contributed by atoms with Gasteiger partial charge in [0, 0.05) is 12.1 Å². The predicted octanol–water partition coefficient (Wildman–Crippen LogP) is 1.92. The Morgan fingerprint density at radius 3 is 2.77 bits per heavy atom. The van der Waals surface area contributed by atoms with Crippen LogP contribution in [0, 0.1) is 16.0 Å². The van der Waals surface area contributed by atoms with E-state index in [9.17, 15) is 24.5 Å². The number of rotatable bonds is 6. The Kier molecular flexibility index (Phi) is 4.39. The lowest BCUT2D eigenvalue weighted by Crippen LogP contribution is -2.46. The highest BCUT2D eigenvalue weighted by Crippen LogP contribution is 2.42. The number of nitro benzene ring substituents is 1. The first kappa shape index (κ1) is 17.8. The fourth-order valence-electron chi connectivity index (χ4n) is 3.12. The molecule has 138 valence electrons. The first-order valence-electron chi connectivity index (χ1n) is 8.30. The number of esters is 1. The van der Waals surface area contributed by atoms with Crippen LogP contribution in [0.4, 0.5) is 10.5 Å². The first-order chi connectivity index (χ1) is 12.2. The number of benzene rings is 1. The third kappa shape index (κ3) is 3.24. The van der Waals surface area contributed by atoms with E-state index < -0.39 is 41.0 Å². The summed E-state index contributed by atoms with van der Waals surface area (Å²) in [6.45, 7) is 2.74. The number of carbonyl (C=O) groups is 3. The second-order valence-electron chi connectivity index (χ2n) is 6.78. The molecule has 2 aliphatic rings. The molecule has 9 nitrogen and oxygen atoms in total. The van der Waals surface area contributed by atoms with E-state index in [0.717, 1.165) is 17.7 Å². The predicted molar refractivity (Wildman–Crippen MR) is 89.0 cm³/mol. The van der Waals surface area contributed by atoms with Crippen molar-refractivity contribution in [3.05, 3.63) is 39.9 Å². The molecule has 9 heteroatoms. The fourth-order valence-corrected chi connectivity index (χ4v) is 3.12. The van der Waals surface area contributed by atoms with Crippen molar-refractivity contribution in [2.24, 2.45) is 5.92 Å². The van der Waals surface area contributed by atoms with E-state index in [2.05, 4.69) is 5.32 Å². The van der Waals surface area contributed by atoms with Crippen molar-refractivity contribution in [3.63, 3.8) is 0 Å². The summed E-state index contributed by atoms with van der Waals surface area (Å²) < 4.78 is 5.24. The van der Waals surface area contributed by atoms with E-state index in [1.165, 1.54) is 18.2 Å². The summed E-state index contributed by atoms with van der Waals surface area (Å²) in [6.07, 6.45) is 0.980. The second-order valence-corrected chi connectivity index (χ2v) is 6.78. The van der Waals surface area contributed by atoms with Crippen LogP contribution in [-0.4, -0.2) is 39.8 Å². The Bertz CT molecular complexity index is 790. The quantitative estimate of drug-likeness (QED) is 0.358. The van der Waals surface area contributed by atoms with Crippen molar-refractivity contribution in [2.45, 2.75) is 38.3 Å². The number of non-ortho nitro benzene ring substituents is 1. The summed E-state index contributed by atoms with van der Waals surface area (Å²) in [5.74, 6) is -1.08. The van der Waals surface area contributed by atoms with Crippen molar-refractivity contribution in [2.75, 3.05) is 6.54 Å². The lowest BCUT2D eigenvalue weighted by atomic mass is 9.96. The summed E-state index contributed by atoms with van der Waals surface area (Å²) >= 11 is 0. The number of carbonyl (C=O) groups excluding carboxylic acids is 3. The van der Waals surface area contributed by atoms with Gasteiger partial charge in [-0.05, 0) is 38.2 Å². The van der Waals surface area contributed by atoms with E-state index in [4.69, 9.17) is 4.74 Å². The van der Waals surface area contributed by atoms with Gasteiger partial charge in [0.15, 0.2) is 0 Å². The van der Waals surface area contributed by atoms with E-state index in [1.54, 1.807) is 19.9 Å². The molecular formula is C17H19N3O6. The summed E-state index contributed by atoms with van der Waals surface area (Å²) in [5.41, 5.74) is -0.615. The zero-order valence-electron chi connectivity index (χ0n) is 14.4. The summed E-state index contributed by atoms with van der Waals surface area (Å²) in [7, 11) is 0. The smallest absolute Gasteiger partial charge is 0.326 e. The van der Waals surface area contributed by atoms with Gasteiger partial charge >= 0.3 is 12.0 Å². The first-order valence-corrected chi connectivity index (χ1v) is 8.30. The number of ether oxygens (including phenoxy) is 1. The van der Waals surface area contributed by atoms with Crippen molar-refractivity contribution in [1.82, 2.24) is 10.2 Å². The van der Waals surface area contributed by atoms with Gasteiger partial charge in [-0.25, -0.2) is 4.79 Å². The molecule has 0 spiro atoms. The molecule has 0 radical (unpaired) electrons. The number of amides is 3. The minimum Gasteiger partial charge on any atom is -0.456 e. The minimum absolute atomic E-state index is 0.101.